The van der Waals surface area contributed by atoms with Crippen molar-refractivity contribution in [2.24, 2.45) is 0 Å². The minimum Gasteiger partial charge on any atom is -0.477 e. The number of hydrogen-bond donors (Lipinski definition) is 1. The minimum atomic E-state index is -3.21. The molecule has 220 valence electrons. The molecular formula is C28H26ClF3N6O4. The first-order valence-corrected chi connectivity index (χ1v) is 13.8. The van der Waals surface area contributed by atoms with E-state index in [4.69, 9.17) is 21.1 Å². The lowest BCUT2D eigenvalue weighted by atomic mass is 10.0. The van der Waals surface area contributed by atoms with Crippen molar-refractivity contribution in [3.8, 4) is 5.88 Å². The van der Waals surface area contributed by atoms with Crippen LogP contribution in [0.5, 0.6) is 5.88 Å². The Balaban J connectivity index is 1.15. The van der Waals surface area contributed by atoms with Crippen molar-refractivity contribution in [2.45, 2.75) is 50.5 Å². The highest BCUT2D eigenvalue weighted by molar-refractivity contribution is 6.30. The molecule has 2 aliphatic rings. The number of likely N-dealkylation sites (tertiary alicyclic amines) is 1. The molecular weight excluding hydrogens is 577 g/mol. The lowest BCUT2D eigenvalue weighted by Crippen LogP contribution is -2.53. The van der Waals surface area contributed by atoms with Crippen molar-refractivity contribution in [1.82, 2.24) is 29.4 Å². The number of imidazole rings is 1. The first-order valence-electron chi connectivity index (χ1n) is 13.4. The number of pyridine rings is 1. The monoisotopic (exact) mass is 602 g/mol. The van der Waals surface area contributed by atoms with E-state index in [-0.39, 0.29) is 47.9 Å². The van der Waals surface area contributed by atoms with Gasteiger partial charge in [-0.3, -0.25) is 4.90 Å². The van der Waals surface area contributed by atoms with Gasteiger partial charge in [0.05, 0.1) is 25.7 Å². The van der Waals surface area contributed by atoms with Crippen molar-refractivity contribution in [3.05, 3.63) is 76.3 Å². The summed E-state index contributed by atoms with van der Waals surface area (Å²) in [6.45, 7) is 0.853. The summed E-state index contributed by atoms with van der Waals surface area (Å²) in [5.41, 5.74) is 1.06. The van der Waals surface area contributed by atoms with Crippen LogP contribution in [-0.4, -0.2) is 78.3 Å². The van der Waals surface area contributed by atoms with Crippen LogP contribution in [0, 0.1) is 5.82 Å². The Morgan fingerprint density at radius 3 is 2.71 bits per heavy atom. The van der Waals surface area contributed by atoms with Gasteiger partial charge in [-0.2, -0.15) is 4.98 Å². The second-order valence-corrected chi connectivity index (χ2v) is 10.8. The van der Waals surface area contributed by atoms with Crippen LogP contribution in [0.4, 0.5) is 13.2 Å². The van der Waals surface area contributed by atoms with E-state index in [2.05, 4.69) is 19.9 Å². The van der Waals surface area contributed by atoms with E-state index in [0.717, 1.165) is 6.42 Å². The summed E-state index contributed by atoms with van der Waals surface area (Å²) in [6.07, 6.45) is 0.782. The molecule has 0 saturated carbocycles. The van der Waals surface area contributed by atoms with Crippen LogP contribution in [0.25, 0.3) is 11.2 Å². The number of halogens is 4. The maximum absolute atomic E-state index is 15.4. The van der Waals surface area contributed by atoms with Crippen LogP contribution in [-0.2, 0) is 24.2 Å². The van der Waals surface area contributed by atoms with Crippen molar-refractivity contribution in [2.75, 3.05) is 19.7 Å². The van der Waals surface area contributed by atoms with E-state index >= 15 is 8.78 Å². The number of carboxylic acid groups (broad SMARTS) is 1. The quantitative estimate of drug-likeness (QED) is 0.298. The van der Waals surface area contributed by atoms with Crippen molar-refractivity contribution in [1.29, 1.82) is 0 Å². The normalized spacial score (nSPS) is 20.4. The maximum Gasteiger partial charge on any atom is 0.354 e. The molecule has 6 rings (SSSR count). The molecule has 2 aliphatic heterocycles. The molecule has 0 bridgehead atoms. The maximum atomic E-state index is 15.4. The summed E-state index contributed by atoms with van der Waals surface area (Å²) in [5.74, 6) is -4.18. The lowest BCUT2D eigenvalue weighted by Gasteiger charge is -2.37. The third-order valence-corrected chi connectivity index (χ3v) is 7.59. The van der Waals surface area contributed by atoms with Crippen molar-refractivity contribution >= 4 is 28.7 Å². The number of rotatable bonds is 9. The van der Waals surface area contributed by atoms with Crippen LogP contribution in [0.3, 0.4) is 0 Å². The summed E-state index contributed by atoms with van der Waals surface area (Å²) in [7, 11) is 0. The summed E-state index contributed by atoms with van der Waals surface area (Å²) in [6, 6.07) is 8.59. The zero-order valence-electron chi connectivity index (χ0n) is 22.2. The molecule has 4 aromatic rings. The van der Waals surface area contributed by atoms with Gasteiger partial charge in [0, 0.05) is 43.3 Å². The molecule has 0 radical (unpaired) electrons. The number of ether oxygens (including phenoxy) is 2. The van der Waals surface area contributed by atoms with Gasteiger partial charge < -0.3 is 19.1 Å². The number of carboxylic acids is 1. The highest BCUT2D eigenvalue weighted by Crippen LogP contribution is 2.32. The molecule has 1 N–H and O–H groups in total. The molecule has 0 spiro atoms. The van der Waals surface area contributed by atoms with E-state index in [9.17, 15) is 14.3 Å². The number of nitrogens with zero attached hydrogens (tertiary/aromatic N) is 6. The molecule has 2 atom stereocenters. The van der Waals surface area contributed by atoms with E-state index in [1.165, 1.54) is 30.5 Å². The fraction of sp³-hybridized carbons (Fsp3) is 0.393. The third-order valence-electron chi connectivity index (χ3n) is 7.35. The van der Waals surface area contributed by atoms with Gasteiger partial charge in [-0.05, 0) is 36.2 Å². The molecule has 3 aromatic heterocycles. The fourth-order valence-corrected chi connectivity index (χ4v) is 5.25. The van der Waals surface area contributed by atoms with Crippen LogP contribution in [0.2, 0.25) is 5.02 Å². The number of benzene rings is 1. The molecule has 14 heteroatoms. The molecule has 42 heavy (non-hydrogen) atoms. The van der Waals surface area contributed by atoms with Gasteiger partial charge in [0.15, 0.2) is 17.4 Å². The predicted octanol–water partition coefficient (Wildman–Crippen LogP) is 4.38. The molecule has 2 fully saturated rings. The number of aromatic carboxylic acids is 1. The van der Waals surface area contributed by atoms with Crippen molar-refractivity contribution < 1.29 is 32.5 Å². The minimum absolute atomic E-state index is 0.0184. The Labute approximate surface area is 243 Å². The van der Waals surface area contributed by atoms with Crippen LogP contribution in [0.15, 0.2) is 42.6 Å². The second-order valence-electron chi connectivity index (χ2n) is 10.4. The van der Waals surface area contributed by atoms with Crippen LogP contribution in [0.1, 0.15) is 40.5 Å². The number of fused-ring (bicyclic) bond motifs is 1. The lowest BCUT2D eigenvalue weighted by molar-refractivity contribution is -0.142. The number of carbonyl (C=O) groups is 1. The Hall–Kier alpha value is -3.81. The van der Waals surface area contributed by atoms with Gasteiger partial charge in [0.2, 0.25) is 5.88 Å². The topological polar surface area (TPSA) is 115 Å². The van der Waals surface area contributed by atoms with Crippen molar-refractivity contribution in [3.63, 3.8) is 0 Å². The fourth-order valence-electron chi connectivity index (χ4n) is 5.09. The van der Waals surface area contributed by atoms with Gasteiger partial charge in [-0.15, -0.1) is 0 Å². The third kappa shape index (κ3) is 6.03. The molecule has 0 amide bonds. The zero-order valence-corrected chi connectivity index (χ0v) is 23.0. The number of piperidine rings is 1. The summed E-state index contributed by atoms with van der Waals surface area (Å²) < 4.78 is 57.9. The first kappa shape index (κ1) is 28.3. The highest BCUT2D eigenvalue weighted by atomic mass is 35.5. The highest BCUT2D eigenvalue weighted by Gasteiger charge is 2.47. The van der Waals surface area contributed by atoms with Crippen LogP contribution < -0.4 is 4.74 Å². The molecule has 10 nitrogen and oxygen atoms in total. The molecule has 5 heterocycles. The summed E-state index contributed by atoms with van der Waals surface area (Å²) in [5, 5.41) is 9.64. The number of alkyl halides is 2. The largest absolute Gasteiger partial charge is 0.477 e. The molecule has 1 aromatic carbocycles. The Kier molecular flexibility index (Phi) is 7.73. The molecule has 0 aliphatic carbocycles. The predicted molar refractivity (Wildman–Crippen MR) is 144 cm³/mol. The average Bonchev–Trinajstić information content (AvgIpc) is 3.25. The Morgan fingerprint density at radius 1 is 1.17 bits per heavy atom. The number of hydrogen-bond acceptors (Lipinski definition) is 8. The molecule has 1 unspecified atom stereocenters. The smallest absolute Gasteiger partial charge is 0.354 e. The summed E-state index contributed by atoms with van der Waals surface area (Å²) in [4.78, 5) is 30.2. The zero-order chi connectivity index (χ0) is 29.4. The SMILES string of the molecule is O=C(O)c1ccc2nc(CN3CCC(Oc4ccnc(Cc5ccc(Cl)cc5F)n4)C(F)(F)C3)n(C[C@@H]3CCO3)c2n1. The Bertz CT molecular complexity index is 1630. The van der Waals surface area contributed by atoms with Gasteiger partial charge in [-0.1, -0.05) is 17.7 Å². The van der Waals surface area contributed by atoms with Crippen LogP contribution >= 0.6 is 11.6 Å². The second kappa shape index (κ2) is 11.5. The first-order chi connectivity index (χ1) is 20.1. The van der Waals surface area contributed by atoms with Gasteiger partial charge in [0.25, 0.3) is 5.92 Å². The van der Waals surface area contributed by atoms with E-state index in [1.54, 1.807) is 21.6 Å². The van der Waals surface area contributed by atoms with E-state index < -0.39 is 30.4 Å². The van der Waals surface area contributed by atoms with E-state index in [1.807, 2.05) is 0 Å². The van der Waals surface area contributed by atoms with E-state index in [0.29, 0.717) is 42.2 Å². The summed E-state index contributed by atoms with van der Waals surface area (Å²) >= 11 is 5.81. The Morgan fingerprint density at radius 2 is 2.00 bits per heavy atom. The number of aromatic nitrogens is 5. The van der Waals surface area contributed by atoms with Gasteiger partial charge >= 0.3 is 5.97 Å². The van der Waals surface area contributed by atoms with Gasteiger partial charge in [-0.25, -0.2) is 32.9 Å². The standard InChI is InChI=1S/C28H26ClF3N6O4/c29-17-2-1-16(19(30)12-17)11-23-33-8-5-25(36-23)42-22-6-9-37(15-28(22,31)32)14-24-34-20-3-4-21(27(39)40)35-26(20)38(24)13-18-7-10-41-18/h1-5,8,12,18,22H,6-7,9-11,13-15H2,(H,39,40)/t18-,22?/m0/s1. The molecule has 2 saturated heterocycles. The van der Waals surface area contributed by atoms with Gasteiger partial charge in [0.1, 0.15) is 23.0 Å². The average molecular weight is 603 g/mol.